The summed E-state index contributed by atoms with van der Waals surface area (Å²) in [6.45, 7) is 0.477. The summed E-state index contributed by atoms with van der Waals surface area (Å²) >= 11 is 3.22. The van der Waals surface area contributed by atoms with Crippen molar-refractivity contribution < 1.29 is 14.8 Å². The molecule has 0 saturated heterocycles. The molecule has 0 heterocycles. The molecule has 1 aromatic carbocycles. The molecule has 1 aliphatic rings. The summed E-state index contributed by atoms with van der Waals surface area (Å²) in [5, 5.41) is 22.9. The molecule has 7 heteroatoms. The number of non-ortho nitro benzene ring substituents is 1. The SMILES string of the molecule is O=C(NCC1CCC(O)C1)c1cc([N+](=O)[O-])ccc1Br. The van der Waals surface area contributed by atoms with Gasteiger partial charge in [0.1, 0.15) is 0 Å². The fraction of sp³-hybridized carbons (Fsp3) is 0.462. The molecule has 0 aromatic heterocycles. The van der Waals surface area contributed by atoms with Crippen molar-refractivity contribution in [2.45, 2.75) is 25.4 Å². The van der Waals surface area contributed by atoms with Gasteiger partial charge in [0.15, 0.2) is 0 Å². The molecule has 108 valence electrons. The zero-order valence-corrected chi connectivity index (χ0v) is 12.3. The van der Waals surface area contributed by atoms with Crippen LogP contribution in [0.5, 0.6) is 0 Å². The average Bonchev–Trinajstić information content (AvgIpc) is 2.82. The van der Waals surface area contributed by atoms with Gasteiger partial charge in [0, 0.05) is 23.2 Å². The molecule has 2 rings (SSSR count). The number of nitrogens with zero attached hydrogens (tertiary/aromatic N) is 1. The monoisotopic (exact) mass is 342 g/mol. The van der Waals surface area contributed by atoms with Crippen LogP contribution in [-0.2, 0) is 0 Å². The normalized spacial score (nSPS) is 21.7. The van der Waals surface area contributed by atoms with E-state index in [1.54, 1.807) is 0 Å². The lowest BCUT2D eigenvalue weighted by Gasteiger charge is -2.11. The molecular weight excluding hydrogens is 328 g/mol. The number of amides is 1. The van der Waals surface area contributed by atoms with Gasteiger partial charge in [-0.15, -0.1) is 0 Å². The van der Waals surface area contributed by atoms with Crippen LogP contribution in [0.2, 0.25) is 0 Å². The Bertz CT molecular complexity index is 535. The highest BCUT2D eigenvalue weighted by Crippen LogP contribution is 2.25. The van der Waals surface area contributed by atoms with Crippen molar-refractivity contribution in [3.8, 4) is 0 Å². The van der Waals surface area contributed by atoms with Crippen LogP contribution in [0.3, 0.4) is 0 Å². The first kappa shape index (κ1) is 14.9. The van der Waals surface area contributed by atoms with E-state index in [2.05, 4.69) is 21.2 Å². The molecule has 2 unspecified atom stereocenters. The Morgan fingerprint density at radius 3 is 2.85 bits per heavy atom. The van der Waals surface area contributed by atoms with Gasteiger partial charge in [0.25, 0.3) is 11.6 Å². The maximum Gasteiger partial charge on any atom is 0.270 e. The molecule has 0 spiro atoms. The third-order valence-electron chi connectivity index (χ3n) is 3.47. The maximum atomic E-state index is 12.1. The first-order chi connectivity index (χ1) is 9.47. The predicted molar refractivity (Wildman–Crippen MR) is 76.5 cm³/mol. The van der Waals surface area contributed by atoms with Crippen LogP contribution in [0.25, 0.3) is 0 Å². The molecule has 1 amide bonds. The maximum absolute atomic E-state index is 12.1. The quantitative estimate of drug-likeness (QED) is 0.648. The first-order valence-corrected chi connectivity index (χ1v) is 7.17. The highest BCUT2D eigenvalue weighted by Gasteiger charge is 2.23. The van der Waals surface area contributed by atoms with E-state index < -0.39 is 4.92 Å². The Hall–Kier alpha value is -1.47. The van der Waals surface area contributed by atoms with E-state index >= 15 is 0 Å². The number of hydrogen-bond donors (Lipinski definition) is 2. The minimum Gasteiger partial charge on any atom is -0.393 e. The molecule has 1 saturated carbocycles. The van der Waals surface area contributed by atoms with E-state index in [1.165, 1.54) is 18.2 Å². The number of benzene rings is 1. The lowest BCUT2D eigenvalue weighted by molar-refractivity contribution is -0.384. The number of halogens is 1. The van der Waals surface area contributed by atoms with Gasteiger partial charge in [-0.2, -0.15) is 0 Å². The van der Waals surface area contributed by atoms with Gasteiger partial charge in [-0.05, 0) is 47.2 Å². The van der Waals surface area contributed by atoms with Gasteiger partial charge in [-0.3, -0.25) is 14.9 Å². The van der Waals surface area contributed by atoms with Gasteiger partial charge >= 0.3 is 0 Å². The van der Waals surface area contributed by atoms with E-state index in [4.69, 9.17) is 0 Å². The van der Waals surface area contributed by atoms with Crippen LogP contribution < -0.4 is 5.32 Å². The van der Waals surface area contributed by atoms with Crippen molar-refractivity contribution in [2.75, 3.05) is 6.54 Å². The Balaban J connectivity index is 2.01. The second-order valence-corrected chi connectivity index (χ2v) is 5.82. The van der Waals surface area contributed by atoms with Gasteiger partial charge in [-0.1, -0.05) is 0 Å². The van der Waals surface area contributed by atoms with E-state index in [1.807, 2.05) is 0 Å². The molecule has 6 nitrogen and oxygen atoms in total. The molecule has 20 heavy (non-hydrogen) atoms. The summed E-state index contributed by atoms with van der Waals surface area (Å²) in [7, 11) is 0. The molecule has 0 radical (unpaired) electrons. The van der Waals surface area contributed by atoms with Gasteiger partial charge in [0.2, 0.25) is 0 Å². The second kappa shape index (κ2) is 6.32. The summed E-state index contributed by atoms with van der Waals surface area (Å²) < 4.78 is 0.520. The number of nitrogens with one attached hydrogen (secondary N) is 1. The Morgan fingerprint density at radius 2 is 2.25 bits per heavy atom. The minimum atomic E-state index is -0.531. The molecule has 2 N–H and O–H groups in total. The fourth-order valence-corrected chi connectivity index (χ4v) is 2.79. The highest BCUT2D eigenvalue weighted by atomic mass is 79.9. The number of carbonyl (C=O) groups excluding carboxylic acids is 1. The minimum absolute atomic E-state index is 0.116. The molecule has 1 fully saturated rings. The molecule has 1 aromatic rings. The van der Waals surface area contributed by atoms with E-state index in [-0.39, 0.29) is 29.2 Å². The van der Waals surface area contributed by atoms with Crippen LogP contribution in [0.15, 0.2) is 22.7 Å². The van der Waals surface area contributed by atoms with Gasteiger partial charge in [-0.25, -0.2) is 0 Å². The van der Waals surface area contributed by atoms with Crippen LogP contribution >= 0.6 is 15.9 Å². The van der Waals surface area contributed by atoms with Gasteiger partial charge < -0.3 is 10.4 Å². The van der Waals surface area contributed by atoms with Crippen LogP contribution in [-0.4, -0.2) is 28.6 Å². The lowest BCUT2D eigenvalue weighted by Crippen LogP contribution is -2.29. The molecular formula is C13H15BrN2O4. The van der Waals surface area contributed by atoms with Gasteiger partial charge in [0.05, 0.1) is 16.6 Å². The summed E-state index contributed by atoms with van der Waals surface area (Å²) in [6.07, 6.45) is 2.07. The van der Waals surface area contributed by atoms with E-state index in [0.717, 1.165) is 12.8 Å². The van der Waals surface area contributed by atoms with Crippen molar-refractivity contribution in [3.63, 3.8) is 0 Å². The van der Waals surface area contributed by atoms with Crippen molar-refractivity contribution >= 4 is 27.5 Å². The Kier molecular flexibility index (Phi) is 4.72. The number of rotatable bonds is 4. The number of aliphatic hydroxyl groups is 1. The van der Waals surface area contributed by atoms with E-state index in [0.29, 0.717) is 17.4 Å². The fourth-order valence-electron chi connectivity index (χ4n) is 2.37. The molecule has 1 aliphatic carbocycles. The number of aliphatic hydroxyl groups excluding tert-OH is 1. The van der Waals surface area contributed by atoms with E-state index in [9.17, 15) is 20.0 Å². The number of nitro groups is 1. The Labute approximate surface area is 124 Å². The Morgan fingerprint density at radius 1 is 1.50 bits per heavy atom. The summed E-state index contributed by atoms with van der Waals surface area (Å²) in [4.78, 5) is 22.2. The number of carbonyl (C=O) groups is 1. The smallest absolute Gasteiger partial charge is 0.270 e. The van der Waals surface area contributed by atoms with Crippen molar-refractivity contribution in [2.24, 2.45) is 5.92 Å². The summed E-state index contributed by atoms with van der Waals surface area (Å²) in [5.41, 5.74) is 0.132. The van der Waals surface area contributed by atoms with Crippen LogP contribution in [0, 0.1) is 16.0 Å². The zero-order chi connectivity index (χ0) is 14.7. The average molecular weight is 343 g/mol. The van der Waals surface area contributed by atoms with Crippen molar-refractivity contribution in [1.82, 2.24) is 5.32 Å². The topological polar surface area (TPSA) is 92.5 Å². The largest absolute Gasteiger partial charge is 0.393 e. The predicted octanol–water partition coefficient (Wildman–Crippen LogP) is 2.25. The standard InChI is InChI=1S/C13H15BrN2O4/c14-12-4-2-9(16(19)20)6-11(12)13(18)15-7-8-1-3-10(17)5-8/h2,4,6,8,10,17H,1,3,5,7H2,(H,15,18). The van der Waals surface area contributed by atoms with Crippen LogP contribution in [0.1, 0.15) is 29.6 Å². The highest BCUT2D eigenvalue weighted by molar-refractivity contribution is 9.10. The second-order valence-electron chi connectivity index (χ2n) is 4.96. The third-order valence-corrected chi connectivity index (χ3v) is 4.16. The van der Waals surface area contributed by atoms with Crippen molar-refractivity contribution in [3.05, 3.63) is 38.3 Å². The summed E-state index contributed by atoms with van der Waals surface area (Å²) in [5.74, 6) is -0.0756. The lowest BCUT2D eigenvalue weighted by atomic mass is 10.1. The van der Waals surface area contributed by atoms with Crippen LogP contribution in [0.4, 0.5) is 5.69 Å². The van der Waals surface area contributed by atoms with Crippen molar-refractivity contribution in [1.29, 1.82) is 0 Å². The third kappa shape index (κ3) is 3.55. The first-order valence-electron chi connectivity index (χ1n) is 6.37. The number of hydrogen-bond acceptors (Lipinski definition) is 4. The molecule has 2 atom stereocenters. The molecule has 0 bridgehead atoms. The number of nitro benzene ring substituents is 1. The zero-order valence-electron chi connectivity index (χ0n) is 10.7. The molecule has 0 aliphatic heterocycles. The summed E-state index contributed by atoms with van der Waals surface area (Å²) in [6, 6.07) is 4.09.